The zero-order valence-corrected chi connectivity index (χ0v) is 18.3. The highest BCUT2D eigenvalue weighted by molar-refractivity contribution is 6.32. The summed E-state index contributed by atoms with van der Waals surface area (Å²) in [4.78, 5) is 48.3. The summed E-state index contributed by atoms with van der Waals surface area (Å²) < 4.78 is 9.85. The third-order valence-corrected chi connectivity index (χ3v) is 5.84. The maximum Gasteiger partial charge on any atom is 0.328 e. The van der Waals surface area contributed by atoms with Crippen molar-refractivity contribution in [3.8, 4) is 5.75 Å². The summed E-state index contributed by atoms with van der Waals surface area (Å²) in [5, 5.41) is 0.444. The Labute approximate surface area is 184 Å². The monoisotopic (exact) mass is 447 g/mol. The van der Waals surface area contributed by atoms with Crippen molar-refractivity contribution in [3.63, 3.8) is 0 Å². The van der Waals surface area contributed by atoms with Crippen LogP contribution in [0, 0.1) is 0 Å². The molecule has 1 saturated heterocycles. The average Bonchev–Trinajstić information content (AvgIpc) is 3.26. The van der Waals surface area contributed by atoms with E-state index in [4.69, 9.17) is 16.3 Å². The number of ether oxygens (including phenoxy) is 2. The number of hydrogen-bond acceptors (Lipinski definition) is 8. The van der Waals surface area contributed by atoms with E-state index >= 15 is 0 Å². The third-order valence-electron chi connectivity index (χ3n) is 5.55. The first-order chi connectivity index (χ1) is 14.8. The summed E-state index contributed by atoms with van der Waals surface area (Å²) in [5.41, 5.74) is 1.59. The zero-order valence-electron chi connectivity index (χ0n) is 17.5. The van der Waals surface area contributed by atoms with Crippen molar-refractivity contribution in [2.75, 3.05) is 32.7 Å². The maximum atomic E-state index is 13.2. The Morgan fingerprint density at radius 2 is 2.00 bits per heavy atom. The standard InChI is InChI=1S/C20H22ClN5O5/c1-11-10-25-16-17(23(2)20(29)24(18(16)28)8-7-15(27)31-4)22-19(25)26(11)12-5-6-14(30-3)13(21)9-12/h5-6,9-10,16-17H,7-8H2,1-4H3. The van der Waals surface area contributed by atoms with Gasteiger partial charge in [-0.15, -0.1) is 0 Å². The van der Waals surface area contributed by atoms with Gasteiger partial charge in [0.15, 0.2) is 12.2 Å². The molecule has 3 amide bonds. The van der Waals surface area contributed by atoms with Crippen molar-refractivity contribution in [1.82, 2.24) is 14.7 Å². The van der Waals surface area contributed by atoms with Crippen molar-refractivity contribution in [2.24, 2.45) is 4.99 Å². The molecule has 0 spiro atoms. The molecule has 0 radical (unpaired) electrons. The van der Waals surface area contributed by atoms with Gasteiger partial charge in [-0.3, -0.25) is 19.4 Å². The molecule has 3 aliphatic heterocycles. The number of carbonyl (C=O) groups excluding carboxylic acids is 3. The van der Waals surface area contributed by atoms with Crippen LogP contribution in [0.25, 0.3) is 0 Å². The van der Waals surface area contributed by atoms with E-state index in [1.807, 2.05) is 24.1 Å². The van der Waals surface area contributed by atoms with E-state index in [2.05, 4.69) is 9.73 Å². The number of esters is 1. The van der Waals surface area contributed by atoms with Gasteiger partial charge in [0.2, 0.25) is 5.96 Å². The normalized spacial score (nSPS) is 22.4. The van der Waals surface area contributed by atoms with Crippen LogP contribution < -0.4 is 9.64 Å². The largest absolute Gasteiger partial charge is 0.495 e. The summed E-state index contributed by atoms with van der Waals surface area (Å²) in [6, 6.07) is 4.14. The molecule has 2 unspecified atom stereocenters. The van der Waals surface area contributed by atoms with Gasteiger partial charge < -0.3 is 19.3 Å². The molecule has 164 valence electrons. The number of guanidine groups is 1. The first-order valence-corrected chi connectivity index (χ1v) is 9.99. The Hall–Kier alpha value is -3.27. The number of hydrogen-bond donors (Lipinski definition) is 0. The Morgan fingerprint density at radius 1 is 1.26 bits per heavy atom. The fraction of sp³-hybridized carbons (Fsp3) is 0.400. The van der Waals surface area contributed by atoms with Crippen LogP contribution in [-0.2, 0) is 14.3 Å². The molecule has 3 aliphatic rings. The number of benzene rings is 1. The number of likely N-dealkylation sites (N-methyl/N-ethyl adjacent to an activating group) is 1. The summed E-state index contributed by atoms with van der Waals surface area (Å²) >= 11 is 6.30. The molecule has 1 fully saturated rings. The molecule has 0 saturated carbocycles. The molecule has 31 heavy (non-hydrogen) atoms. The number of amides is 3. The number of aliphatic imine (C=N–C) groups is 1. The molecule has 0 bridgehead atoms. The van der Waals surface area contributed by atoms with Gasteiger partial charge in [0, 0.05) is 25.5 Å². The number of fused-ring (bicyclic) bond motifs is 3. The lowest BCUT2D eigenvalue weighted by molar-refractivity contribution is -0.142. The van der Waals surface area contributed by atoms with Crippen molar-refractivity contribution in [2.45, 2.75) is 25.6 Å². The zero-order chi connectivity index (χ0) is 22.4. The van der Waals surface area contributed by atoms with Gasteiger partial charge in [-0.05, 0) is 25.1 Å². The molecule has 4 rings (SSSR count). The highest BCUT2D eigenvalue weighted by atomic mass is 35.5. The number of imide groups is 1. The third kappa shape index (κ3) is 3.27. The number of rotatable bonds is 5. The summed E-state index contributed by atoms with van der Waals surface area (Å²) in [5.74, 6) is 0.172. The molecule has 2 atom stereocenters. The lowest BCUT2D eigenvalue weighted by Crippen LogP contribution is -2.64. The first kappa shape index (κ1) is 21.0. The van der Waals surface area contributed by atoms with Gasteiger partial charge in [-0.25, -0.2) is 9.79 Å². The van der Waals surface area contributed by atoms with Crippen molar-refractivity contribution in [3.05, 3.63) is 35.1 Å². The fourth-order valence-corrected chi connectivity index (χ4v) is 4.23. The van der Waals surface area contributed by atoms with Gasteiger partial charge in [0.25, 0.3) is 5.91 Å². The van der Waals surface area contributed by atoms with E-state index in [0.29, 0.717) is 16.7 Å². The van der Waals surface area contributed by atoms with Gasteiger partial charge in [0.05, 0.1) is 31.4 Å². The quantitative estimate of drug-likeness (QED) is 0.635. The molecular weight excluding hydrogens is 426 g/mol. The number of nitrogens with zero attached hydrogens (tertiary/aromatic N) is 5. The summed E-state index contributed by atoms with van der Waals surface area (Å²) in [6.45, 7) is 1.84. The summed E-state index contributed by atoms with van der Waals surface area (Å²) in [7, 11) is 4.40. The molecule has 0 N–H and O–H groups in total. The van der Waals surface area contributed by atoms with Crippen molar-refractivity contribution >= 4 is 41.2 Å². The molecule has 0 aliphatic carbocycles. The Morgan fingerprint density at radius 3 is 2.65 bits per heavy atom. The molecule has 1 aromatic rings. The number of carbonyl (C=O) groups is 3. The number of methoxy groups -OCH3 is 2. The number of halogens is 1. The van der Waals surface area contributed by atoms with Crippen LogP contribution in [-0.4, -0.2) is 78.6 Å². The Bertz CT molecular complexity index is 1030. The molecule has 11 heteroatoms. The van der Waals surface area contributed by atoms with Gasteiger partial charge in [-0.2, -0.15) is 0 Å². The first-order valence-electron chi connectivity index (χ1n) is 9.61. The Kier molecular flexibility index (Phi) is 5.26. The predicted octanol–water partition coefficient (Wildman–Crippen LogP) is 1.85. The van der Waals surface area contributed by atoms with E-state index < -0.39 is 30.1 Å². The van der Waals surface area contributed by atoms with E-state index in [0.717, 1.165) is 16.3 Å². The average molecular weight is 448 g/mol. The highest BCUT2D eigenvalue weighted by Crippen LogP contribution is 2.38. The minimum absolute atomic E-state index is 0.0540. The van der Waals surface area contributed by atoms with E-state index in [1.165, 1.54) is 12.0 Å². The minimum Gasteiger partial charge on any atom is -0.495 e. The van der Waals surface area contributed by atoms with Crippen LogP contribution in [0.5, 0.6) is 5.75 Å². The second kappa shape index (κ2) is 7.77. The van der Waals surface area contributed by atoms with Gasteiger partial charge >= 0.3 is 12.0 Å². The maximum absolute atomic E-state index is 13.2. The second-order valence-corrected chi connectivity index (χ2v) is 7.74. The molecule has 1 aromatic carbocycles. The molecule has 3 heterocycles. The van der Waals surface area contributed by atoms with E-state index in [9.17, 15) is 14.4 Å². The molecular formula is C20H22ClN5O5. The number of anilines is 1. The van der Waals surface area contributed by atoms with Gasteiger partial charge in [-0.1, -0.05) is 11.6 Å². The van der Waals surface area contributed by atoms with Crippen LogP contribution >= 0.6 is 11.6 Å². The highest BCUT2D eigenvalue weighted by Gasteiger charge is 2.54. The van der Waals surface area contributed by atoms with Gasteiger partial charge in [0.1, 0.15) is 5.75 Å². The van der Waals surface area contributed by atoms with Crippen LogP contribution in [0.15, 0.2) is 35.1 Å². The van der Waals surface area contributed by atoms with Crippen LogP contribution in [0.1, 0.15) is 13.3 Å². The van der Waals surface area contributed by atoms with Crippen LogP contribution in [0.3, 0.4) is 0 Å². The van der Waals surface area contributed by atoms with Crippen LogP contribution in [0.4, 0.5) is 10.5 Å². The van der Waals surface area contributed by atoms with Crippen LogP contribution in [0.2, 0.25) is 5.02 Å². The van der Waals surface area contributed by atoms with E-state index in [-0.39, 0.29) is 13.0 Å². The number of urea groups is 1. The summed E-state index contributed by atoms with van der Waals surface area (Å²) in [6.07, 6.45) is 1.07. The van der Waals surface area contributed by atoms with Crippen molar-refractivity contribution in [1.29, 1.82) is 0 Å². The minimum atomic E-state index is -0.719. The molecule has 10 nitrogen and oxygen atoms in total. The smallest absolute Gasteiger partial charge is 0.328 e. The second-order valence-electron chi connectivity index (χ2n) is 7.33. The molecule has 0 aromatic heterocycles. The van der Waals surface area contributed by atoms with E-state index in [1.54, 1.807) is 31.2 Å². The number of allylic oxidation sites excluding steroid dienone is 1. The fourth-order valence-electron chi connectivity index (χ4n) is 3.98. The SMILES string of the molecule is COC(=O)CCN1C(=O)C2C(N=C3N(c4ccc(OC)c(Cl)c4)C(C)=CN32)N(C)C1=O. The predicted molar refractivity (Wildman–Crippen MR) is 113 cm³/mol. The lowest BCUT2D eigenvalue weighted by Gasteiger charge is -2.40. The topological polar surface area (TPSA) is 95.0 Å². The van der Waals surface area contributed by atoms with Crippen molar-refractivity contribution < 1.29 is 23.9 Å². The lowest BCUT2D eigenvalue weighted by atomic mass is 10.1. The Balaban J connectivity index is 1.64.